The molecule has 0 aliphatic heterocycles. The van der Waals surface area contributed by atoms with E-state index in [0.717, 1.165) is 35.3 Å². The van der Waals surface area contributed by atoms with Crippen molar-refractivity contribution >= 4 is 23.2 Å². The third-order valence-corrected chi connectivity index (χ3v) is 5.52. The van der Waals surface area contributed by atoms with Gasteiger partial charge in [-0.25, -0.2) is 0 Å². The molecule has 1 fully saturated rings. The fraction of sp³-hybridized carbons (Fsp3) is 0.435. The van der Waals surface area contributed by atoms with Gasteiger partial charge < -0.3 is 9.84 Å². The summed E-state index contributed by atoms with van der Waals surface area (Å²) in [6.07, 6.45) is 7.92. The zero-order valence-electron chi connectivity index (χ0n) is 17.3. The molecule has 0 bridgehead atoms. The maximum atomic E-state index is 11.0. The molecule has 2 aromatic carbocycles. The van der Waals surface area contributed by atoms with Crippen LogP contribution in [0, 0.1) is 0 Å². The Balaban J connectivity index is 0.000000941. The molecule has 0 aromatic heterocycles. The van der Waals surface area contributed by atoms with E-state index >= 15 is 0 Å². The summed E-state index contributed by atoms with van der Waals surface area (Å²) in [5.74, 6) is 1.03. The van der Waals surface area contributed by atoms with Crippen molar-refractivity contribution in [1.82, 2.24) is 0 Å². The van der Waals surface area contributed by atoms with Crippen molar-refractivity contribution in [2.24, 2.45) is 4.99 Å². The Bertz CT molecular complexity index is 791. The van der Waals surface area contributed by atoms with Crippen molar-refractivity contribution < 1.29 is 30.7 Å². The van der Waals surface area contributed by atoms with Crippen LogP contribution >= 0.6 is 17.0 Å². The molecule has 0 atom stereocenters. The number of aromatic hydroxyl groups is 1. The Hall–Kier alpha value is -0.827. The molecule has 6 heteroatoms. The average Bonchev–Trinajstić information content (AvgIpc) is 2.75. The second kappa shape index (κ2) is 12.1. The van der Waals surface area contributed by atoms with E-state index in [1.807, 2.05) is 36.5 Å². The van der Waals surface area contributed by atoms with E-state index in [0.29, 0.717) is 11.8 Å². The quantitative estimate of drug-likeness (QED) is 0.444. The van der Waals surface area contributed by atoms with Gasteiger partial charge in [0, 0.05) is 28.8 Å². The minimum absolute atomic E-state index is 0.291. The molecule has 0 amide bonds. The van der Waals surface area contributed by atoms with Crippen molar-refractivity contribution in [2.45, 2.75) is 57.4 Å². The molecule has 0 radical (unpaired) electrons. The average molecular weight is 514 g/mol. The number of rotatable bonds is 5. The van der Waals surface area contributed by atoms with Gasteiger partial charge >= 0.3 is 37.9 Å². The fourth-order valence-corrected chi connectivity index (χ4v) is 3.75. The number of phenols is 1. The van der Waals surface area contributed by atoms with Crippen LogP contribution < -0.4 is 4.74 Å². The molecule has 3 rings (SSSR count). The fourth-order valence-electron chi connectivity index (χ4n) is 3.75. The standard InChI is InChI=1S/C23H29NO2.2ClH.Zr/c1-23(2,18-10-6-4-7-11-18)21-15-20(26-3)14-17(22(21)25)16-24-19-12-8-5-9-13-19;;;/h4,6-7,10-11,14-16,19,25H,5,8-9,12-13H2,1-3H3;2*1H;/q;;;+2/p-2. The van der Waals surface area contributed by atoms with E-state index in [-0.39, 0.29) is 5.41 Å². The van der Waals surface area contributed by atoms with Crippen LogP contribution in [0.5, 0.6) is 11.5 Å². The van der Waals surface area contributed by atoms with E-state index in [9.17, 15) is 5.11 Å². The molecular weight excluding hydrogens is 484 g/mol. The van der Waals surface area contributed by atoms with Crippen molar-refractivity contribution in [2.75, 3.05) is 7.11 Å². The zero-order chi connectivity index (χ0) is 21.3. The van der Waals surface area contributed by atoms with Gasteiger partial charge in [0.2, 0.25) is 0 Å². The van der Waals surface area contributed by atoms with Gasteiger partial charge in [0.25, 0.3) is 0 Å². The number of ether oxygens (including phenoxy) is 1. The summed E-state index contributed by atoms with van der Waals surface area (Å²) in [7, 11) is 11.5. The summed E-state index contributed by atoms with van der Waals surface area (Å²) in [5.41, 5.74) is 2.40. The molecule has 0 heterocycles. The molecule has 1 N–H and O–H groups in total. The van der Waals surface area contributed by atoms with Gasteiger partial charge in [0.05, 0.1) is 7.11 Å². The SMILES string of the molecule is COc1cc(C=NC2CCCCC2)c(O)c(C(C)(C)c2ccccc2)c1.[Cl][Zr][Cl]. The number of phenolic OH excluding ortho intramolecular Hbond substituents is 1. The van der Waals surface area contributed by atoms with Crippen LogP contribution in [0.1, 0.15) is 62.6 Å². The Labute approximate surface area is 193 Å². The number of halogens is 2. The molecule has 0 spiro atoms. The number of aliphatic imine (C=N–C) groups is 1. The summed E-state index contributed by atoms with van der Waals surface area (Å²) in [6.45, 7) is 4.25. The number of benzene rings is 2. The molecule has 1 saturated carbocycles. The van der Waals surface area contributed by atoms with Crippen LogP contribution in [-0.2, 0) is 26.3 Å². The van der Waals surface area contributed by atoms with E-state index in [1.165, 1.54) is 19.3 Å². The molecule has 0 unspecified atom stereocenters. The van der Waals surface area contributed by atoms with E-state index < -0.39 is 20.8 Å². The third kappa shape index (κ3) is 6.84. The van der Waals surface area contributed by atoms with Crippen LogP contribution in [-0.4, -0.2) is 24.5 Å². The van der Waals surface area contributed by atoms with Gasteiger partial charge in [-0.3, -0.25) is 4.99 Å². The van der Waals surface area contributed by atoms with Gasteiger partial charge in [-0.15, -0.1) is 0 Å². The molecule has 29 heavy (non-hydrogen) atoms. The van der Waals surface area contributed by atoms with E-state index in [1.54, 1.807) is 7.11 Å². The molecule has 1 aliphatic carbocycles. The van der Waals surface area contributed by atoms with E-state index in [4.69, 9.17) is 26.8 Å². The molecular formula is C23H29Cl2NO2Zr. The van der Waals surface area contributed by atoms with Gasteiger partial charge in [0.15, 0.2) is 0 Å². The first kappa shape index (κ1) is 24.4. The maximum absolute atomic E-state index is 11.0. The van der Waals surface area contributed by atoms with Gasteiger partial charge in [-0.05, 0) is 30.5 Å². The van der Waals surface area contributed by atoms with Gasteiger partial charge in [-0.1, -0.05) is 63.4 Å². The summed E-state index contributed by atoms with van der Waals surface area (Å²) in [4.78, 5) is 4.75. The second-order valence-corrected chi connectivity index (χ2v) is 11.5. The van der Waals surface area contributed by atoms with Crippen LogP contribution in [0.3, 0.4) is 0 Å². The summed E-state index contributed by atoms with van der Waals surface area (Å²) in [6, 6.07) is 14.4. The number of hydrogen-bond acceptors (Lipinski definition) is 3. The Morgan fingerprint density at radius 1 is 1.10 bits per heavy atom. The monoisotopic (exact) mass is 511 g/mol. The van der Waals surface area contributed by atoms with Crippen LogP contribution in [0.25, 0.3) is 0 Å². The predicted octanol–water partition coefficient (Wildman–Crippen LogP) is 6.85. The second-order valence-electron chi connectivity index (χ2n) is 7.75. The van der Waals surface area contributed by atoms with Crippen molar-refractivity contribution in [3.05, 3.63) is 59.2 Å². The number of methoxy groups -OCH3 is 1. The molecule has 0 saturated heterocycles. The van der Waals surface area contributed by atoms with Crippen molar-refractivity contribution in [1.29, 1.82) is 0 Å². The zero-order valence-corrected chi connectivity index (χ0v) is 21.3. The molecule has 2 aromatic rings. The third-order valence-electron chi connectivity index (χ3n) is 5.52. The summed E-state index contributed by atoms with van der Waals surface area (Å²) in [5, 5.41) is 11.0. The minimum atomic E-state index is -0.826. The Kier molecular flexibility index (Phi) is 10.2. The molecule has 156 valence electrons. The predicted molar refractivity (Wildman–Crippen MR) is 119 cm³/mol. The van der Waals surface area contributed by atoms with Crippen molar-refractivity contribution in [3.8, 4) is 11.5 Å². The number of nitrogens with zero attached hydrogens (tertiary/aromatic N) is 1. The van der Waals surface area contributed by atoms with Crippen molar-refractivity contribution in [3.63, 3.8) is 0 Å². The molecule has 3 nitrogen and oxygen atoms in total. The Morgan fingerprint density at radius 2 is 1.72 bits per heavy atom. The first-order valence-electron chi connectivity index (χ1n) is 9.90. The van der Waals surface area contributed by atoms with Gasteiger partial charge in [0.1, 0.15) is 11.5 Å². The first-order valence-corrected chi connectivity index (χ1v) is 16.2. The van der Waals surface area contributed by atoms with Crippen LogP contribution in [0.4, 0.5) is 0 Å². The summed E-state index contributed by atoms with van der Waals surface area (Å²) < 4.78 is 5.50. The molecule has 1 aliphatic rings. The number of hydrogen-bond donors (Lipinski definition) is 1. The normalized spacial score (nSPS) is 14.9. The topological polar surface area (TPSA) is 41.8 Å². The summed E-state index contributed by atoms with van der Waals surface area (Å²) >= 11 is -0.826. The van der Waals surface area contributed by atoms with Crippen LogP contribution in [0.15, 0.2) is 47.5 Å². The van der Waals surface area contributed by atoms with Crippen LogP contribution in [0.2, 0.25) is 0 Å². The van der Waals surface area contributed by atoms with E-state index in [2.05, 4.69) is 26.0 Å². The van der Waals surface area contributed by atoms with Gasteiger partial charge in [-0.2, -0.15) is 0 Å². The Morgan fingerprint density at radius 3 is 2.31 bits per heavy atom. The first-order chi connectivity index (χ1) is 13.9.